The van der Waals surface area contributed by atoms with Crippen molar-refractivity contribution in [2.75, 3.05) is 0 Å². The van der Waals surface area contributed by atoms with Crippen LogP contribution in [0.15, 0.2) is 22.6 Å². The molecule has 0 bridgehead atoms. The Labute approximate surface area is 95.1 Å². The van der Waals surface area contributed by atoms with Crippen molar-refractivity contribution in [3.05, 3.63) is 38.7 Å². The molecule has 0 amide bonds. The van der Waals surface area contributed by atoms with Crippen LogP contribution in [0.2, 0.25) is 0 Å². The molecule has 0 unspecified atom stereocenters. The number of rotatable bonds is 2. The molecule has 82 valence electrons. The van der Waals surface area contributed by atoms with E-state index >= 15 is 0 Å². The summed E-state index contributed by atoms with van der Waals surface area (Å²) in [5.41, 5.74) is 1.26. The average Bonchev–Trinajstić information content (AvgIpc) is 2.64. The highest BCUT2D eigenvalue weighted by Gasteiger charge is 2.12. The van der Waals surface area contributed by atoms with Gasteiger partial charge in [0.05, 0.1) is 4.92 Å². The number of benzene rings is 1. The Kier molecular flexibility index (Phi) is 2.53. The van der Waals surface area contributed by atoms with Gasteiger partial charge in [-0.15, -0.1) is 5.10 Å². The number of nitrogens with zero attached hydrogens (tertiary/aromatic N) is 2. The van der Waals surface area contributed by atoms with Crippen molar-refractivity contribution in [1.82, 2.24) is 10.2 Å². The summed E-state index contributed by atoms with van der Waals surface area (Å²) in [6.07, 6.45) is 0. The lowest BCUT2D eigenvalue weighted by molar-refractivity contribution is -0.385. The zero-order valence-electron chi connectivity index (χ0n) is 8.26. The SMILES string of the molecule is Cc1cc(-c2n[nH]c(=S)o2)ccc1[N+](=O)[O-]. The standard InChI is InChI=1S/C9H7N3O3S/c1-5-4-6(2-3-7(5)12(13)14)8-10-11-9(16)15-8/h2-4H,1H3,(H,11,16). The Bertz CT molecular complexity index is 602. The smallest absolute Gasteiger partial charge is 0.284 e. The third-order valence-electron chi connectivity index (χ3n) is 2.08. The van der Waals surface area contributed by atoms with Crippen LogP contribution in [0, 0.1) is 21.9 Å². The van der Waals surface area contributed by atoms with Crippen LogP contribution in [0.1, 0.15) is 5.56 Å². The van der Waals surface area contributed by atoms with E-state index in [9.17, 15) is 10.1 Å². The highest BCUT2D eigenvalue weighted by Crippen LogP contribution is 2.24. The summed E-state index contributed by atoms with van der Waals surface area (Å²) >= 11 is 4.74. The van der Waals surface area contributed by atoms with Crippen molar-refractivity contribution >= 4 is 17.9 Å². The van der Waals surface area contributed by atoms with E-state index in [0.717, 1.165) is 0 Å². The third-order valence-corrected chi connectivity index (χ3v) is 2.25. The first-order chi connectivity index (χ1) is 7.58. The summed E-state index contributed by atoms with van der Waals surface area (Å²) in [4.78, 5) is 10.4. The highest BCUT2D eigenvalue weighted by atomic mass is 32.1. The van der Waals surface area contributed by atoms with Crippen LogP contribution in [0.3, 0.4) is 0 Å². The number of aromatic nitrogens is 2. The Morgan fingerprint density at radius 2 is 2.31 bits per heavy atom. The van der Waals surface area contributed by atoms with E-state index in [1.165, 1.54) is 6.07 Å². The molecule has 0 atom stereocenters. The molecule has 0 saturated carbocycles. The predicted molar refractivity (Wildman–Crippen MR) is 58.5 cm³/mol. The average molecular weight is 237 g/mol. The first-order valence-corrected chi connectivity index (χ1v) is 4.79. The van der Waals surface area contributed by atoms with Crippen molar-refractivity contribution in [3.63, 3.8) is 0 Å². The van der Waals surface area contributed by atoms with Gasteiger partial charge in [-0.3, -0.25) is 10.1 Å². The van der Waals surface area contributed by atoms with Gasteiger partial charge in [0.2, 0.25) is 5.89 Å². The molecule has 1 aromatic heterocycles. The van der Waals surface area contributed by atoms with E-state index < -0.39 is 4.92 Å². The first kappa shape index (κ1) is 10.5. The van der Waals surface area contributed by atoms with E-state index in [1.807, 2.05) is 0 Å². The second-order valence-corrected chi connectivity index (χ2v) is 3.55. The number of nitro benzene ring substituents is 1. The fraction of sp³-hybridized carbons (Fsp3) is 0.111. The van der Waals surface area contributed by atoms with Crippen LogP contribution in [-0.2, 0) is 0 Å². The van der Waals surface area contributed by atoms with E-state index in [0.29, 0.717) is 17.0 Å². The Morgan fingerprint density at radius 1 is 1.56 bits per heavy atom. The number of aryl methyl sites for hydroxylation is 1. The van der Waals surface area contributed by atoms with Gasteiger partial charge in [0.1, 0.15) is 0 Å². The van der Waals surface area contributed by atoms with Gasteiger partial charge in [0.15, 0.2) is 0 Å². The molecular weight excluding hydrogens is 230 g/mol. The minimum Gasteiger partial charge on any atom is -0.409 e. The number of hydrogen-bond donors (Lipinski definition) is 1. The topological polar surface area (TPSA) is 85.0 Å². The number of H-pyrrole nitrogens is 1. The Hall–Kier alpha value is -2.02. The Morgan fingerprint density at radius 3 is 2.81 bits per heavy atom. The normalized spacial score (nSPS) is 10.3. The Balaban J connectivity index is 2.49. The molecule has 0 saturated heterocycles. The minimum absolute atomic E-state index is 0.0675. The summed E-state index contributed by atoms with van der Waals surface area (Å²) in [7, 11) is 0. The second-order valence-electron chi connectivity index (χ2n) is 3.18. The minimum atomic E-state index is -0.431. The van der Waals surface area contributed by atoms with Gasteiger partial charge in [-0.25, -0.2) is 5.10 Å². The van der Waals surface area contributed by atoms with Crippen molar-refractivity contribution in [3.8, 4) is 11.5 Å². The molecular formula is C9H7N3O3S. The van der Waals surface area contributed by atoms with Crippen LogP contribution < -0.4 is 0 Å². The summed E-state index contributed by atoms with van der Waals surface area (Å²) in [5, 5.41) is 16.9. The number of aromatic amines is 1. The summed E-state index contributed by atoms with van der Waals surface area (Å²) in [6, 6.07) is 4.62. The van der Waals surface area contributed by atoms with Crippen molar-refractivity contribution in [2.45, 2.75) is 6.92 Å². The van der Waals surface area contributed by atoms with E-state index in [4.69, 9.17) is 16.6 Å². The lowest BCUT2D eigenvalue weighted by atomic mass is 10.1. The molecule has 0 radical (unpaired) electrons. The van der Waals surface area contributed by atoms with Crippen LogP contribution in [0.5, 0.6) is 0 Å². The summed E-state index contributed by atoms with van der Waals surface area (Å²) in [6.45, 7) is 1.66. The maximum atomic E-state index is 10.6. The van der Waals surface area contributed by atoms with Gasteiger partial charge in [0, 0.05) is 17.2 Å². The summed E-state index contributed by atoms with van der Waals surface area (Å²) in [5.74, 6) is 0.322. The molecule has 0 aliphatic heterocycles. The first-order valence-electron chi connectivity index (χ1n) is 4.39. The van der Waals surface area contributed by atoms with E-state index in [2.05, 4.69) is 10.2 Å². The quantitative estimate of drug-likeness (QED) is 0.493. The molecule has 1 heterocycles. The van der Waals surface area contributed by atoms with Crippen LogP contribution in [-0.4, -0.2) is 15.1 Å². The lowest BCUT2D eigenvalue weighted by Crippen LogP contribution is -1.91. The van der Waals surface area contributed by atoms with Crippen LogP contribution in [0.4, 0.5) is 5.69 Å². The van der Waals surface area contributed by atoms with E-state index in [1.54, 1.807) is 19.1 Å². The number of nitro groups is 1. The molecule has 0 aliphatic carbocycles. The second kappa shape index (κ2) is 3.86. The lowest BCUT2D eigenvalue weighted by Gasteiger charge is -1.98. The van der Waals surface area contributed by atoms with Crippen molar-refractivity contribution in [2.24, 2.45) is 0 Å². The van der Waals surface area contributed by atoms with Crippen molar-refractivity contribution in [1.29, 1.82) is 0 Å². The van der Waals surface area contributed by atoms with Gasteiger partial charge in [0.25, 0.3) is 10.5 Å². The molecule has 2 aromatic rings. The van der Waals surface area contributed by atoms with Crippen LogP contribution in [0.25, 0.3) is 11.5 Å². The molecule has 0 spiro atoms. The van der Waals surface area contributed by atoms with Gasteiger partial charge in [-0.05, 0) is 31.3 Å². The maximum Gasteiger partial charge on any atom is 0.284 e. The molecule has 7 heteroatoms. The number of hydrogen-bond acceptors (Lipinski definition) is 5. The summed E-state index contributed by atoms with van der Waals surface area (Å²) < 4.78 is 5.10. The highest BCUT2D eigenvalue weighted by molar-refractivity contribution is 7.71. The largest absolute Gasteiger partial charge is 0.409 e. The molecule has 0 fully saturated rings. The van der Waals surface area contributed by atoms with Gasteiger partial charge in [-0.1, -0.05) is 0 Å². The van der Waals surface area contributed by atoms with Gasteiger partial charge in [-0.2, -0.15) is 0 Å². The molecule has 1 aromatic carbocycles. The van der Waals surface area contributed by atoms with Gasteiger partial charge < -0.3 is 4.42 Å². The fourth-order valence-electron chi connectivity index (χ4n) is 1.35. The number of nitrogens with one attached hydrogen (secondary N) is 1. The molecule has 0 aliphatic rings. The zero-order chi connectivity index (χ0) is 11.7. The van der Waals surface area contributed by atoms with E-state index in [-0.39, 0.29) is 10.5 Å². The predicted octanol–water partition coefficient (Wildman–Crippen LogP) is 2.62. The zero-order valence-corrected chi connectivity index (χ0v) is 9.08. The molecule has 16 heavy (non-hydrogen) atoms. The maximum absolute atomic E-state index is 10.6. The molecule has 2 rings (SSSR count). The van der Waals surface area contributed by atoms with Crippen molar-refractivity contribution < 1.29 is 9.34 Å². The third kappa shape index (κ3) is 1.84. The van der Waals surface area contributed by atoms with Gasteiger partial charge >= 0.3 is 0 Å². The fourth-order valence-corrected chi connectivity index (χ4v) is 1.47. The monoisotopic (exact) mass is 237 g/mol. The molecule has 6 nitrogen and oxygen atoms in total. The van der Waals surface area contributed by atoms with Crippen LogP contribution >= 0.6 is 12.2 Å². The molecule has 1 N–H and O–H groups in total.